The van der Waals surface area contributed by atoms with Gasteiger partial charge in [-0.15, -0.1) is 0 Å². The van der Waals surface area contributed by atoms with Gasteiger partial charge >= 0.3 is 0 Å². The second-order valence-corrected chi connectivity index (χ2v) is 5.24. The van der Waals surface area contributed by atoms with Crippen LogP contribution in [0, 0.1) is 0 Å². The first-order chi connectivity index (χ1) is 10.4. The van der Waals surface area contributed by atoms with Crippen molar-refractivity contribution in [2.45, 2.75) is 6.42 Å². The van der Waals surface area contributed by atoms with Gasteiger partial charge in [-0.2, -0.15) is 0 Å². The molecule has 3 rings (SSSR count). The van der Waals surface area contributed by atoms with Crippen LogP contribution < -0.4 is 0 Å². The molecule has 0 amide bonds. The van der Waals surface area contributed by atoms with Crippen molar-refractivity contribution < 1.29 is 4.74 Å². The fraction of sp³-hybridized carbons (Fsp3) is 0.263. The molecule has 0 spiro atoms. The largest absolute Gasteiger partial charge is 0.378 e. The van der Waals surface area contributed by atoms with Gasteiger partial charge in [-0.25, -0.2) is 0 Å². The zero-order valence-electron chi connectivity index (χ0n) is 12.2. The molecule has 2 aromatic rings. The molecule has 0 unspecified atom stereocenters. The van der Waals surface area contributed by atoms with Gasteiger partial charge in [-0.3, -0.25) is 0 Å². The maximum absolute atomic E-state index is 5.48. The highest BCUT2D eigenvalue weighted by molar-refractivity contribution is 5.64. The van der Waals surface area contributed by atoms with Crippen molar-refractivity contribution in [1.29, 1.82) is 0 Å². The third kappa shape index (κ3) is 3.73. The Morgan fingerprint density at radius 2 is 1.52 bits per heavy atom. The van der Waals surface area contributed by atoms with Crippen LogP contribution in [0.15, 0.2) is 66.7 Å². The SMILES string of the molecule is C(Cc1ccccc1)=C(c1ccccc1)N1CCOCC1. The van der Waals surface area contributed by atoms with Crippen molar-refractivity contribution in [3.05, 3.63) is 77.9 Å². The Morgan fingerprint density at radius 3 is 2.19 bits per heavy atom. The summed E-state index contributed by atoms with van der Waals surface area (Å²) in [6.07, 6.45) is 3.30. The van der Waals surface area contributed by atoms with E-state index < -0.39 is 0 Å². The molecule has 0 aromatic heterocycles. The first-order valence-electron chi connectivity index (χ1n) is 7.56. The predicted molar refractivity (Wildman–Crippen MR) is 87.0 cm³/mol. The summed E-state index contributed by atoms with van der Waals surface area (Å²) in [7, 11) is 0. The fourth-order valence-electron chi connectivity index (χ4n) is 2.67. The van der Waals surface area contributed by atoms with Crippen LogP contribution in [0.3, 0.4) is 0 Å². The molecule has 0 bridgehead atoms. The smallest absolute Gasteiger partial charge is 0.0642 e. The Labute approximate surface area is 126 Å². The number of benzene rings is 2. The molecule has 21 heavy (non-hydrogen) atoms. The van der Waals surface area contributed by atoms with Gasteiger partial charge in [0.15, 0.2) is 0 Å². The summed E-state index contributed by atoms with van der Waals surface area (Å²) in [6.45, 7) is 3.57. The summed E-state index contributed by atoms with van der Waals surface area (Å²) in [5.41, 5.74) is 3.96. The van der Waals surface area contributed by atoms with Gasteiger partial charge in [-0.1, -0.05) is 66.7 Å². The maximum atomic E-state index is 5.48. The molecule has 0 atom stereocenters. The predicted octanol–water partition coefficient (Wildman–Crippen LogP) is 3.60. The summed E-state index contributed by atoms with van der Waals surface area (Å²) in [4.78, 5) is 2.43. The van der Waals surface area contributed by atoms with Gasteiger partial charge in [0.25, 0.3) is 0 Å². The van der Waals surface area contributed by atoms with E-state index in [4.69, 9.17) is 4.74 Å². The van der Waals surface area contributed by atoms with Gasteiger partial charge in [0.2, 0.25) is 0 Å². The first kappa shape index (κ1) is 13.9. The van der Waals surface area contributed by atoms with Crippen LogP contribution in [0.1, 0.15) is 11.1 Å². The standard InChI is InChI=1S/C19H21NO/c1-3-7-17(8-4-1)11-12-19(18-9-5-2-6-10-18)20-13-15-21-16-14-20/h1-10,12H,11,13-16H2. The fourth-order valence-corrected chi connectivity index (χ4v) is 2.67. The highest BCUT2D eigenvalue weighted by Gasteiger charge is 2.14. The summed E-state index contributed by atoms with van der Waals surface area (Å²) >= 11 is 0. The lowest BCUT2D eigenvalue weighted by Crippen LogP contribution is -2.35. The topological polar surface area (TPSA) is 12.5 Å². The van der Waals surface area contributed by atoms with Crippen LogP contribution in [0.2, 0.25) is 0 Å². The Bertz CT molecular complexity index is 571. The molecule has 1 saturated heterocycles. The van der Waals surface area contributed by atoms with Crippen molar-refractivity contribution in [2.24, 2.45) is 0 Å². The average molecular weight is 279 g/mol. The highest BCUT2D eigenvalue weighted by Crippen LogP contribution is 2.21. The van der Waals surface area contributed by atoms with Crippen molar-refractivity contribution in [1.82, 2.24) is 4.90 Å². The minimum Gasteiger partial charge on any atom is -0.378 e. The third-order valence-corrected chi connectivity index (χ3v) is 3.80. The zero-order valence-corrected chi connectivity index (χ0v) is 12.2. The molecule has 1 aliphatic rings. The van der Waals surface area contributed by atoms with E-state index in [-0.39, 0.29) is 0 Å². The number of hydrogen-bond acceptors (Lipinski definition) is 2. The second kappa shape index (κ2) is 7.09. The molecule has 1 fully saturated rings. The van der Waals surface area contributed by atoms with Crippen LogP contribution in [0.5, 0.6) is 0 Å². The Morgan fingerprint density at radius 1 is 0.905 bits per heavy atom. The maximum Gasteiger partial charge on any atom is 0.0642 e. The van der Waals surface area contributed by atoms with Crippen LogP contribution in [0.25, 0.3) is 5.70 Å². The third-order valence-electron chi connectivity index (χ3n) is 3.80. The summed E-state index contributed by atoms with van der Waals surface area (Å²) in [6, 6.07) is 21.3. The van der Waals surface area contributed by atoms with E-state index in [1.807, 2.05) is 0 Å². The molecule has 2 heteroatoms. The van der Waals surface area contributed by atoms with Crippen LogP contribution in [-0.4, -0.2) is 31.2 Å². The molecule has 0 aliphatic carbocycles. The zero-order chi connectivity index (χ0) is 14.3. The monoisotopic (exact) mass is 279 g/mol. The number of allylic oxidation sites excluding steroid dienone is 1. The molecule has 1 aliphatic heterocycles. The quantitative estimate of drug-likeness (QED) is 0.848. The molecule has 2 nitrogen and oxygen atoms in total. The van der Waals surface area contributed by atoms with Gasteiger partial charge in [0.05, 0.1) is 13.2 Å². The number of ether oxygens (including phenoxy) is 1. The lowest BCUT2D eigenvalue weighted by Gasteiger charge is -2.31. The van der Waals surface area contributed by atoms with E-state index in [2.05, 4.69) is 71.6 Å². The van der Waals surface area contributed by atoms with Crippen LogP contribution in [0.4, 0.5) is 0 Å². The number of hydrogen-bond donors (Lipinski definition) is 0. The van der Waals surface area contributed by atoms with Gasteiger partial charge in [0, 0.05) is 18.8 Å². The number of nitrogens with zero attached hydrogens (tertiary/aromatic N) is 1. The van der Waals surface area contributed by atoms with E-state index in [0.717, 1.165) is 32.7 Å². The summed E-state index contributed by atoms with van der Waals surface area (Å²) < 4.78 is 5.48. The number of morpholine rings is 1. The first-order valence-corrected chi connectivity index (χ1v) is 7.56. The lowest BCUT2D eigenvalue weighted by molar-refractivity contribution is 0.0639. The molecular formula is C19H21NO. The second-order valence-electron chi connectivity index (χ2n) is 5.24. The van der Waals surface area contributed by atoms with Gasteiger partial charge in [-0.05, 0) is 17.5 Å². The molecule has 2 aromatic carbocycles. The highest BCUT2D eigenvalue weighted by atomic mass is 16.5. The normalized spacial score (nSPS) is 16.0. The lowest BCUT2D eigenvalue weighted by atomic mass is 10.1. The van der Waals surface area contributed by atoms with Crippen LogP contribution >= 0.6 is 0 Å². The van der Waals surface area contributed by atoms with Crippen LogP contribution in [-0.2, 0) is 11.2 Å². The van der Waals surface area contributed by atoms with Gasteiger partial charge in [0.1, 0.15) is 0 Å². The molecule has 0 saturated carbocycles. The van der Waals surface area contributed by atoms with E-state index >= 15 is 0 Å². The Hall–Kier alpha value is -2.06. The minimum absolute atomic E-state index is 0.815. The van der Waals surface area contributed by atoms with Crippen molar-refractivity contribution >= 4 is 5.70 Å². The molecular weight excluding hydrogens is 258 g/mol. The number of rotatable bonds is 4. The van der Waals surface area contributed by atoms with E-state index in [1.165, 1.54) is 16.8 Å². The van der Waals surface area contributed by atoms with E-state index in [1.54, 1.807) is 0 Å². The molecule has 0 radical (unpaired) electrons. The average Bonchev–Trinajstić information content (AvgIpc) is 2.58. The molecule has 0 N–H and O–H groups in total. The van der Waals surface area contributed by atoms with E-state index in [0.29, 0.717) is 0 Å². The van der Waals surface area contributed by atoms with Crippen molar-refractivity contribution in [3.63, 3.8) is 0 Å². The van der Waals surface area contributed by atoms with Crippen molar-refractivity contribution in [3.8, 4) is 0 Å². The molecule has 1 heterocycles. The van der Waals surface area contributed by atoms with Gasteiger partial charge < -0.3 is 9.64 Å². The summed E-state index contributed by atoms with van der Waals surface area (Å²) in [5.74, 6) is 0. The Kier molecular flexibility index (Phi) is 4.70. The minimum atomic E-state index is 0.815. The van der Waals surface area contributed by atoms with Crippen molar-refractivity contribution in [2.75, 3.05) is 26.3 Å². The molecule has 108 valence electrons. The Balaban J connectivity index is 1.84. The summed E-state index contributed by atoms with van der Waals surface area (Å²) in [5, 5.41) is 0. The van der Waals surface area contributed by atoms with E-state index in [9.17, 15) is 0 Å².